The average Bonchev–Trinajstić information content (AvgIpc) is 2.47. The molecule has 104 valence electrons. The molecule has 0 saturated heterocycles. The molecule has 1 fully saturated rings. The van der Waals surface area contributed by atoms with Gasteiger partial charge >= 0.3 is 0 Å². The fourth-order valence-corrected chi connectivity index (χ4v) is 2.73. The monoisotopic (exact) mass is 267 g/mol. The van der Waals surface area contributed by atoms with E-state index in [9.17, 15) is 0 Å². The van der Waals surface area contributed by atoms with Crippen molar-refractivity contribution >= 4 is 0 Å². The van der Waals surface area contributed by atoms with Crippen molar-refractivity contribution in [2.24, 2.45) is 0 Å². The summed E-state index contributed by atoms with van der Waals surface area (Å²) in [6.45, 7) is 1.65. The number of hydrogen-bond donors (Lipinski definition) is 1. The first-order valence-corrected chi connectivity index (χ1v) is 7.38. The van der Waals surface area contributed by atoms with Gasteiger partial charge in [-0.2, -0.15) is 0 Å². The molecule has 2 nitrogen and oxygen atoms in total. The minimum Gasteiger partial charge on any atom is -0.492 e. The van der Waals surface area contributed by atoms with E-state index in [0.717, 1.165) is 24.8 Å². The molecule has 3 rings (SSSR count). The maximum absolute atomic E-state index is 5.67. The average molecular weight is 267 g/mol. The van der Waals surface area contributed by atoms with Gasteiger partial charge in [0.1, 0.15) is 12.4 Å². The van der Waals surface area contributed by atoms with E-state index in [1.807, 2.05) is 30.3 Å². The van der Waals surface area contributed by atoms with Crippen molar-refractivity contribution in [3.63, 3.8) is 0 Å². The van der Waals surface area contributed by atoms with Crippen LogP contribution in [0.2, 0.25) is 0 Å². The summed E-state index contributed by atoms with van der Waals surface area (Å²) in [5.41, 5.74) is 1.48. The van der Waals surface area contributed by atoms with Crippen molar-refractivity contribution < 1.29 is 4.74 Å². The van der Waals surface area contributed by atoms with Gasteiger partial charge in [-0.3, -0.25) is 0 Å². The highest BCUT2D eigenvalue weighted by Crippen LogP contribution is 2.36. The van der Waals surface area contributed by atoms with Crippen molar-refractivity contribution in [3.8, 4) is 5.75 Å². The van der Waals surface area contributed by atoms with E-state index in [4.69, 9.17) is 4.74 Å². The van der Waals surface area contributed by atoms with E-state index in [1.54, 1.807) is 0 Å². The van der Waals surface area contributed by atoms with E-state index in [0.29, 0.717) is 6.04 Å². The predicted octanol–water partition coefficient (Wildman–Crippen LogP) is 3.60. The highest BCUT2D eigenvalue weighted by atomic mass is 16.5. The summed E-state index contributed by atoms with van der Waals surface area (Å²) in [6, 6.07) is 21.5. The van der Waals surface area contributed by atoms with Crippen LogP contribution >= 0.6 is 0 Å². The number of rotatable bonds is 6. The number of nitrogens with one attached hydrogen (secondary N) is 1. The maximum Gasteiger partial charge on any atom is 0.119 e. The molecule has 20 heavy (non-hydrogen) atoms. The third-order valence-corrected chi connectivity index (χ3v) is 3.96. The molecule has 0 amide bonds. The standard InChI is InChI=1S/C18H21NO/c1-3-7-15(8-4-1)16-13-17(14-16)19-11-12-20-18-9-5-2-6-10-18/h1-10,16-17,19H,11-14H2. The lowest BCUT2D eigenvalue weighted by Crippen LogP contribution is -2.41. The van der Waals surface area contributed by atoms with E-state index in [2.05, 4.69) is 35.6 Å². The van der Waals surface area contributed by atoms with Gasteiger partial charge in [-0.15, -0.1) is 0 Å². The van der Waals surface area contributed by atoms with E-state index >= 15 is 0 Å². The lowest BCUT2D eigenvalue weighted by atomic mass is 9.76. The molecule has 2 aromatic rings. The van der Waals surface area contributed by atoms with Gasteiger partial charge in [-0.25, -0.2) is 0 Å². The van der Waals surface area contributed by atoms with Crippen LogP contribution in [0.15, 0.2) is 60.7 Å². The van der Waals surface area contributed by atoms with Gasteiger partial charge in [0, 0.05) is 12.6 Å². The molecule has 1 saturated carbocycles. The Morgan fingerprint density at radius 1 is 0.900 bits per heavy atom. The Labute approximate surface area is 120 Å². The minimum absolute atomic E-state index is 0.652. The molecule has 0 heterocycles. The lowest BCUT2D eigenvalue weighted by Gasteiger charge is -2.36. The molecule has 0 radical (unpaired) electrons. The van der Waals surface area contributed by atoms with E-state index in [-0.39, 0.29) is 0 Å². The maximum atomic E-state index is 5.67. The normalized spacial score (nSPS) is 21.2. The second kappa shape index (κ2) is 6.58. The molecule has 0 bridgehead atoms. The summed E-state index contributed by atoms with van der Waals surface area (Å²) in [4.78, 5) is 0. The van der Waals surface area contributed by atoms with Crippen molar-refractivity contribution in [1.29, 1.82) is 0 Å². The van der Waals surface area contributed by atoms with Crippen molar-refractivity contribution in [2.45, 2.75) is 24.8 Å². The minimum atomic E-state index is 0.652. The Kier molecular flexibility index (Phi) is 4.34. The highest BCUT2D eigenvalue weighted by molar-refractivity contribution is 5.23. The first-order valence-electron chi connectivity index (χ1n) is 7.38. The Morgan fingerprint density at radius 2 is 1.55 bits per heavy atom. The summed E-state index contributed by atoms with van der Waals surface area (Å²) < 4.78 is 5.67. The van der Waals surface area contributed by atoms with Gasteiger partial charge in [0.15, 0.2) is 0 Å². The smallest absolute Gasteiger partial charge is 0.119 e. The van der Waals surface area contributed by atoms with Gasteiger partial charge in [0.2, 0.25) is 0 Å². The zero-order valence-corrected chi connectivity index (χ0v) is 11.7. The largest absolute Gasteiger partial charge is 0.492 e. The van der Waals surface area contributed by atoms with Gasteiger partial charge in [-0.1, -0.05) is 48.5 Å². The zero-order valence-electron chi connectivity index (χ0n) is 11.7. The van der Waals surface area contributed by atoms with Crippen LogP contribution in [0.4, 0.5) is 0 Å². The number of ether oxygens (including phenoxy) is 1. The molecule has 2 aromatic carbocycles. The first-order chi connectivity index (χ1) is 9.92. The lowest BCUT2D eigenvalue weighted by molar-refractivity contribution is 0.255. The molecule has 1 aliphatic carbocycles. The second-order valence-electron chi connectivity index (χ2n) is 5.39. The van der Waals surface area contributed by atoms with Crippen LogP contribution in [-0.4, -0.2) is 19.2 Å². The highest BCUT2D eigenvalue weighted by Gasteiger charge is 2.29. The van der Waals surface area contributed by atoms with Gasteiger partial charge in [-0.05, 0) is 36.5 Å². The Bertz CT molecular complexity index is 505. The first kappa shape index (κ1) is 13.2. The molecule has 0 atom stereocenters. The Hall–Kier alpha value is -1.80. The predicted molar refractivity (Wildman–Crippen MR) is 82.1 cm³/mol. The van der Waals surface area contributed by atoms with Crippen LogP contribution in [0.3, 0.4) is 0 Å². The molecular weight excluding hydrogens is 246 g/mol. The number of benzene rings is 2. The molecule has 0 aromatic heterocycles. The van der Waals surface area contributed by atoms with E-state index in [1.165, 1.54) is 18.4 Å². The van der Waals surface area contributed by atoms with Crippen molar-refractivity contribution in [3.05, 3.63) is 66.2 Å². The van der Waals surface area contributed by atoms with Gasteiger partial charge in [0.25, 0.3) is 0 Å². The fraction of sp³-hybridized carbons (Fsp3) is 0.333. The molecule has 0 spiro atoms. The quantitative estimate of drug-likeness (QED) is 0.807. The molecule has 1 aliphatic rings. The topological polar surface area (TPSA) is 21.3 Å². The Morgan fingerprint density at radius 3 is 2.25 bits per heavy atom. The molecule has 1 N–H and O–H groups in total. The Balaban J connectivity index is 1.32. The second-order valence-corrected chi connectivity index (χ2v) is 5.39. The molecular formula is C18H21NO. The van der Waals surface area contributed by atoms with E-state index < -0.39 is 0 Å². The van der Waals surface area contributed by atoms with Crippen molar-refractivity contribution in [1.82, 2.24) is 5.32 Å². The molecule has 0 unspecified atom stereocenters. The SMILES string of the molecule is c1ccc(OCCNC2CC(c3ccccc3)C2)cc1. The van der Waals surface area contributed by atoms with Gasteiger partial charge < -0.3 is 10.1 Å². The van der Waals surface area contributed by atoms with Crippen LogP contribution in [0.5, 0.6) is 5.75 Å². The molecule has 2 heteroatoms. The summed E-state index contributed by atoms with van der Waals surface area (Å²) in [5, 5.41) is 3.56. The third kappa shape index (κ3) is 3.40. The number of para-hydroxylation sites is 1. The summed E-state index contributed by atoms with van der Waals surface area (Å²) in [6.07, 6.45) is 2.49. The summed E-state index contributed by atoms with van der Waals surface area (Å²) in [7, 11) is 0. The van der Waals surface area contributed by atoms with Crippen LogP contribution in [-0.2, 0) is 0 Å². The fourth-order valence-electron chi connectivity index (χ4n) is 2.73. The van der Waals surface area contributed by atoms with Crippen LogP contribution in [0.25, 0.3) is 0 Å². The van der Waals surface area contributed by atoms with Crippen molar-refractivity contribution in [2.75, 3.05) is 13.2 Å². The summed E-state index contributed by atoms with van der Waals surface area (Å²) >= 11 is 0. The zero-order chi connectivity index (χ0) is 13.6. The van der Waals surface area contributed by atoms with Crippen LogP contribution in [0, 0.1) is 0 Å². The van der Waals surface area contributed by atoms with Gasteiger partial charge in [0.05, 0.1) is 0 Å². The molecule has 0 aliphatic heterocycles. The van der Waals surface area contributed by atoms with Crippen LogP contribution < -0.4 is 10.1 Å². The summed E-state index contributed by atoms with van der Waals surface area (Å²) in [5.74, 6) is 1.69. The van der Waals surface area contributed by atoms with Crippen LogP contribution in [0.1, 0.15) is 24.3 Å². The third-order valence-electron chi connectivity index (χ3n) is 3.96. The number of hydrogen-bond acceptors (Lipinski definition) is 2.